The van der Waals surface area contributed by atoms with Crippen molar-refractivity contribution in [3.63, 3.8) is 0 Å². The zero-order valence-electron chi connectivity index (χ0n) is 12.9. The summed E-state index contributed by atoms with van der Waals surface area (Å²) in [4.78, 5) is 11.8. The van der Waals surface area contributed by atoms with Crippen LogP contribution in [0.1, 0.15) is 25.3 Å². The van der Waals surface area contributed by atoms with E-state index in [4.69, 9.17) is 4.74 Å². The molecule has 23 heavy (non-hydrogen) atoms. The molecule has 0 radical (unpaired) electrons. The molecule has 0 aliphatic carbocycles. The average molecular weight is 337 g/mol. The highest BCUT2D eigenvalue weighted by Crippen LogP contribution is 2.22. The number of nitrogens with one attached hydrogen (secondary N) is 1. The van der Waals surface area contributed by atoms with Crippen molar-refractivity contribution in [3.05, 3.63) is 52.5 Å². The van der Waals surface area contributed by atoms with Crippen molar-refractivity contribution in [2.24, 2.45) is 0 Å². The van der Waals surface area contributed by atoms with Crippen LogP contribution in [0.3, 0.4) is 0 Å². The summed E-state index contributed by atoms with van der Waals surface area (Å²) in [5.41, 5.74) is -0.287. The molecule has 1 unspecified atom stereocenters. The first-order valence-electron chi connectivity index (χ1n) is 7.37. The van der Waals surface area contributed by atoms with Crippen LogP contribution in [0.5, 0.6) is 5.75 Å². The molecule has 0 saturated heterocycles. The third-order valence-electron chi connectivity index (χ3n) is 3.39. The third-order valence-corrected chi connectivity index (χ3v) is 4.07. The van der Waals surface area contributed by atoms with Crippen molar-refractivity contribution in [2.45, 2.75) is 25.4 Å². The number of thiophene rings is 1. The van der Waals surface area contributed by atoms with Crippen molar-refractivity contribution in [3.8, 4) is 5.75 Å². The number of rotatable bonds is 8. The standard InChI is InChI=1S/C17H20FNO3S/c1-17(21,13-7-9-23-11-13)12-19-16(20)6-3-8-22-15-5-2-4-14(18)10-15/h2,4-5,7,9-11,21H,3,6,8,12H2,1H3,(H,19,20). The van der Waals surface area contributed by atoms with Gasteiger partial charge in [0.1, 0.15) is 17.2 Å². The van der Waals surface area contributed by atoms with Gasteiger partial charge in [-0.3, -0.25) is 4.79 Å². The number of hydrogen-bond acceptors (Lipinski definition) is 4. The second kappa shape index (κ2) is 8.08. The molecule has 2 N–H and O–H groups in total. The van der Waals surface area contributed by atoms with Crippen molar-refractivity contribution in [1.29, 1.82) is 0 Å². The van der Waals surface area contributed by atoms with Crippen molar-refractivity contribution < 1.29 is 19.0 Å². The first kappa shape index (κ1) is 17.4. The molecule has 4 nitrogen and oxygen atoms in total. The van der Waals surface area contributed by atoms with Crippen LogP contribution in [0.25, 0.3) is 0 Å². The Morgan fingerprint density at radius 2 is 2.26 bits per heavy atom. The van der Waals surface area contributed by atoms with E-state index >= 15 is 0 Å². The molecule has 0 aliphatic heterocycles. The molecule has 1 atom stereocenters. The Morgan fingerprint density at radius 3 is 2.96 bits per heavy atom. The minimum Gasteiger partial charge on any atom is -0.493 e. The third kappa shape index (κ3) is 5.65. The van der Waals surface area contributed by atoms with E-state index in [1.54, 1.807) is 19.1 Å². The molecule has 0 fully saturated rings. The minimum absolute atomic E-state index is 0.150. The molecular weight excluding hydrogens is 317 g/mol. The summed E-state index contributed by atoms with van der Waals surface area (Å²) < 4.78 is 18.3. The summed E-state index contributed by atoms with van der Waals surface area (Å²) in [5.74, 6) is -0.0509. The van der Waals surface area contributed by atoms with Gasteiger partial charge in [0.05, 0.1) is 13.2 Å². The summed E-state index contributed by atoms with van der Waals surface area (Å²) in [6.45, 7) is 2.16. The van der Waals surface area contributed by atoms with Crippen LogP contribution < -0.4 is 10.1 Å². The van der Waals surface area contributed by atoms with E-state index in [1.807, 2.05) is 16.8 Å². The molecule has 124 valence electrons. The van der Waals surface area contributed by atoms with Crippen LogP contribution in [-0.2, 0) is 10.4 Å². The second-order valence-corrected chi connectivity index (χ2v) is 6.25. The summed E-state index contributed by atoms with van der Waals surface area (Å²) >= 11 is 1.50. The van der Waals surface area contributed by atoms with Gasteiger partial charge in [-0.25, -0.2) is 4.39 Å². The Hall–Kier alpha value is -1.92. The van der Waals surface area contributed by atoms with Crippen LogP contribution >= 0.6 is 11.3 Å². The lowest BCUT2D eigenvalue weighted by Gasteiger charge is -2.22. The van der Waals surface area contributed by atoms with Gasteiger partial charge in [-0.1, -0.05) is 6.07 Å². The molecule has 0 spiro atoms. The fraction of sp³-hybridized carbons (Fsp3) is 0.353. The van der Waals surface area contributed by atoms with Gasteiger partial charge in [0, 0.05) is 12.5 Å². The smallest absolute Gasteiger partial charge is 0.220 e. The van der Waals surface area contributed by atoms with Crippen molar-refractivity contribution in [2.75, 3.05) is 13.2 Å². The zero-order valence-corrected chi connectivity index (χ0v) is 13.7. The van der Waals surface area contributed by atoms with Gasteiger partial charge in [0.15, 0.2) is 0 Å². The van der Waals surface area contributed by atoms with Crippen LogP contribution in [0, 0.1) is 5.82 Å². The lowest BCUT2D eigenvalue weighted by molar-refractivity contribution is -0.122. The normalized spacial score (nSPS) is 13.3. The first-order chi connectivity index (χ1) is 11.0. The van der Waals surface area contributed by atoms with Gasteiger partial charge in [0.2, 0.25) is 5.91 Å². The maximum atomic E-state index is 13.0. The topological polar surface area (TPSA) is 58.6 Å². The van der Waals surface area contributed by atoms with Crippen LogP contribution in [0.4, 0.5) is 4.39 Å². The fourth-order valence-corrected chi connectivity index (χ4v) is 2.79. The molecule has 1 amide bonds. The number of carbonyl (C=O) groups is 1. The fourth-order valence-electron chi connectivity index (χ4n) is 2.01. The largest absolute Gasteiger partial charge is 0.493 e. The number of amides is 1. The van der Waals surface area contributed by atoms with Gasteiger partial charge in [-0.15, -0.1) is 0 Å². The van der Waals surface area contributed by atoms with Crippen LogP contribution in [0.2, 0.25) is 0 Å². The number of ether oxygens (including phenoxy) is 1. The summed E-state index contributed by atoms with van der Waals surface area (Å²) in [5, 5.41) is 16.8. The van der Waals surface area contributed by atoms with E-state index in [0.29, 0.717) is 18.8 Å². The molecule has 1 heterocycles. The number of benzene rings is 1. The van der Waals surface area contributed by atoms with E-state index in [0.717, 1.165) is 5.56 Å². The summed E-state index contributed by atoms with van der Waals surface area (Å²) in [7, 11) is 0. The molecule has 1 aromatic carbocycles. The monoisotopic (exact) mass is 337 g/mol. The van der Waals surface area contributed by atoms with Crippen LogP contribution in [0.15, 0.2) is 41.1 Å². The predicted molar refractivity (Wildman–Crippen MR) is 88.0 cm³/mol. The predicted octanol–water partition coefficient (Wildman–Crippen LogP) is 3.07. The molecule has 6 heteroatoms. The minimum atomic E-state index is -1.08. The van der Waals surface area contributed by atoms with E-state index in [-0.39, 0.29) is 24.7 Å². The van der Waals surface area contributed by atoms with Crippen molar-refractivity contribution >= 4 is 17.2 Å². The van der Waals surface area contributed by atoms with E-state index in [1.165, 1.54) is 23.5 Å². The van der Waals surface area contributed by atoms with E-state index < -0.39 is 5.60 Å². The zero-order chi connectivity index (χ0) is 16.7. The second-order valence-electron chi connectivity index (χ2n) is 5.47. The number of carbonyl (C=O) groups excluding carboxylic acids is 1. The molecule has 0 bridgehead atoms. The van der Waals surface area contributed by atoms with Gasteiger partial charge >= 0.3 is 0 Å². The first-order valence-corrected chi connectivity index (χ1v) is 8.32. The SMILES string of the molecule is CC(O)(CNC(=O)CCCOc1cccc(F)c1)c1ccsc1. The quantitative estimate of drug-likeness (QED) is 0.728. The molecular formula is C17H20FNO3S. The lowest BCUT2D eigenvalue weighted by atomic mass is 9.99. The van der Waals surface area contributed by atoms with Gasteiger partial charge in [0.25, 0.3) is 0 Å². The van der Waals surface area contributed by atoms with Crippen molar-refractivity contribution in [1.82, 2.24) is 5.32 Å². The van der Waals surface area contributed by atoms with E-state index in [2.05, 4.69) is 5.32 Å². The average Bonchev–Trinajstić information content (AvgIpc) is 3.05. The molecule has 1 aromatic heterocycles. The molecule has 2 aromatic rings. The summed E-state index contributed by atoms with van der Waals surface area (Å²) in [6.07, 6.45) is 0.804. The van der Waals surface area contributed by atoms with Gasteiger partial charge in [-0.2, -0.15) is 11.3 Å². The van der Waals surface area contributed by atoms with E-state index in [9.17, 15) is 14.3 Å². The molecule has 0 saturated carbocycles. The number of hydrogen-bond donors (Lipinski definition) is 2. The van der Waals surface area contributed by atoms with Gasteiger partial charge < -0.3 is 15.2 Å². The Morgan fingerprint density at radius 1 is 1.43 bits per heavy atom. The van der Waals surface area contributed by atoms with Crippen LogP contribution in [-0.4, -0.2) is 24.2 Å². The highest BCUT2D eigenvalue weighted by molar-refractivity contribution is 7.08. The lowest BCUT2D eigenvalue weighted by Crippen LogP contribution is -2.38. The Balaban J connectivity index is 1.65. The van der Waals surface area contributed by atoms with Gasteiger partial charge in [-0.05, 0) is 47.9 Å². The Kier molecular flexibility index (Phi) is 6.12. The Labute approximate surface area is 138 Å². The molecule has 2 rings (SSSR count). The highest BCUT2D eigenvalue weighted by Gasteiger charge is 2.23. The maximum Gasteiger partial charge on any atom is 0.220 e. The highest BCUT2D eigenvalue weighted by atomic mass is 32.1. The molecule has 0 aliphatic rings. The number of halogens is 1. The number of aliphatic hydroxyl groups is 1. The Bertz CT molecular complexity index is 629. The maximum absolute atomic E-state index is 13.0. The summed E-state index contributed by atoms with van der Waals surface area (Å²) in [6, 6.07) is 7.73.